The van der Waals surface area contributed by atoms with Crippen LogP contribution in [0.4, 0.5) is 5.69 Å². The first-order valence-electron chi connectivity index (χ1n) is 8.03. The Labute approximate surface area is 138 Å². The first-order valence-corrected chi connectivity index (χ1v) is 8.03. The zero-order valence-electron chi connectivity index (χ0n) is 13.4. The molecule has 1 heteroatoms. The third kappa shape index (κ3) is 3.70. The van der Waals surface area contributed by atoms with Crippen molar-refractivity contribution in [1.82, 2.24) is 0 Å². The Morgan fingerprint density at radius 3 is 1.83 bits per heavy atom. The maximum Gasteiger partial charge on any atom is 0.0490 e. The number of para-hydroxylation sites is 1. The first kappa shape index (κ1) is 15.1. The molecule has 0 aliphatic carbocycles. The Morgan fingerprint density at radius 2 is 1.26 bits per heavy atom. The minimum atomic E-state index is 0.914. The molecule has 0 saturated heterocycles. The Balaban J connectivity index is 2.10. The minimum absolute atomic E-state index is 0.914. The maximum atomic E-state index is 2.35. The van der Waals surface area contributed by atoms with Gasteiger partial charge < -0.3 is 4.90 Å². The SMILES string of the molecule is CCN(C(=Cc1ccccc1)c1ccccc1)c1ccccc1. The number of benzene rings is 3. The van der Waals surface area contributed by atoms with Gasteiger partial charge in [0.2, 0.25) is 0 Å². The quantitative estimate of drug-likeness (QED) is 0.545. The second-order valence-electron chi connectivity index (χ2n) is 5.39. The Bertz CT molecular complexity index is 746. The monoisotopic (exact) mass is 299 g/mol. The van der Waals surface area contributed by atoms with Gasteiger partial charge in [-0.25, -0.2) is 0 Å². The molecule has 0 spiro atoms. The summed E-state index contributed by atoms with van der Waals surface area (Å²) < 4.78 is 0. The molecule has 114 valence electrons. The summed E-state index contributed by atoms with van der Waals surface area (Å²) in [5.74, 6) is 0. The summed E-state index contributed by atoms with van der Waals surface area (Å²) in [5.41, 5.74) is 4.86. The van der Waals surface area contributed by atoms with Crippen LogP contribution in [0, 0.1) is 0 Å². The van der Waals surface area contributed by atoms with Crippen LogP contribution in [0.1, 0.15) is 18.1 Å². The predicted octanol–water partition coefficient (Wildman–Crippen LogP) is 5.71. The van der Waals surface area contributed by atoms with Gasteiger partial charge >= 0.3 is 0 Å². The second-order valence-corrected chi connectivity index (χ2v) is 5.39. The molecule has 0 N–H and O–H groups in total. The average Bonchev–Trinajstić information content (AvgIpc) is 2.64. The molecule has 0 aromatic heterocycles. The molecule has 23 heavy (non-hydrogen) atoms. The number of hydrogen-bond donors (Lipinski definition) is 0. The summed E-state index contributed by atoms with van der Waals surface area (Å²) >= 11 is 0. The van der Waals surface area contributed by atoms with E-state index in [4.69, 9.17) is 0 Å². The van der Waals surface area contributed by atoms with Gasteiger partial charge in [-0.05, 0) is 36.3 Å². The molecule has 0 amide bonds. The van der Waals surface area contributed by atoms with Crippen LogP contribution in [0.5, 0.6) is 0 Å². The standard InChI is InChI=1S/C22H21N/c1-2-23(21-16-10-5-11-17-21)22(20-14-8-4-9-15-20)18-19-12-6-3-7-13-19/h3-18H,2H2,1H3. The summed E-state index contributed by atoms with van der Waals surface area (Å²) in [6.45, 7) is 3.10. The predicted molar refractivity (Wildman–Crippen MR) is 100 cm³/mol. The van der Waals surface area contributed by atoms with E-state index in [-0.39, 0.29) is 0 Å². The summed E-state index contributed by atoms with van der Waals surface area (Å²) in [5, 5.41) is 0. The van der Waals surface area contributed by atoms with Crippen LogP contribution in [0.2, 0.25) is 0 Å². The van der Waals surface area contributed by atoms with Gasteiger partial charge in [0.1, 0.15) is 0 Å². The zero-order valence-corrected chi connectivity index (χ0v) is 13.4. The van der Waals surface area contributed by atoms with Crippen molar-refractivity contribution in [2.75, 3.05) is 11.4 Å². The molecule has 0 aliphatic heterocycles. The van der Waals surface area contributed by atoms with Crippen molar-refractivity contribution in [1.29, 1.82) is 0 Å². The minimum Gasteiger partial charge on any atom is -0.341 e. The molecule has 0 bridgehead atoms. The van der Waals surface area contributed by atoms with E-state index < -0.39 is 0 Å². The maximum absolute atomic E-state index is 2.35. The highest BCUT2D eigenvalue weighted by Gasteiger charge is 2.12. The Morgan fingerprint density at radius 1 is 0.739 bits per heavy atom. The van der Waals surface area contributed by atoms with Crippen molar-refractivity contribution in [3.8, 4) is 0 Å². The average molecular weight is 299 g/mol. The van der Waals surface area contributed by atoms with E-state index in [9.17, 15) is 0 Å². The number of rotatable bonds is 5. The van der Waals surface area contributed by atoms with E-state index in [0.717, 1.165) is 6.54 Å². The topological polar surface area (TPSA) is 3.24 Å². The second kappa shape index (κ2) is 7.46. The summed E-state index contributed by atoms with van der Waals surface area (Å²) in [6.07, 6.45) is 2.26. The molecule has 0 fully saturated rings. The smallest absolute Gasteiger partial charge is 0.0490 e. The zero-order chi connectivity index (χ0) is 15.9. The van der Waals surface area contributed by atoms with Crippen molar-refractivity contribution in [2.45, 2.75) is 6.92 Å². The van der Waals surface area contributed by atoms with E-state index in [1.54, 1.807) is 0 Å². The third-order valence-electron chi connectivity index (χ3n) is 3.85. The van der Waals surface area contributed by atoms with Crippen LogP contribution < -0.4 is 4.90 Å². The molecule has 3 aromatic carbocycles. The molecular weight excluding hydrogens is 278 g/mol. The van der Waals surface area contributed by atoms with Gasteiger partial charge in [-0.15, -0.1) is 0 Å². The summed E-state index contributed by atoms with van der Waals surface area (Å²) in [7, 11) is 0. The normalized spacial score (nSPS) is 11.3. The van der Waals surface area contributed by atoms with E-state index in [1.165, 1.54) is 22.5 Å². The third-order valence-corrected chi connectivity index (χ3v) is 3.85. The molecule has 0 heterocycles. The van der Waals surface area contributed by atoms with Gasteiger partial charge in [-0.1, -0.05) is 78.9 Å². The molecule has 0 unspecified atom stereocenters. The Kier molecular flexibility index (Phi) is 4.90. The molecule has 0 aliphatic rings. The van der Waals surface area contributed by atoms with Gasteiger partial charge in [0, 0.05) is 17.9 Å². The molecular formula is C22H21N. The molecule has 3 rings (SSSR count). The van der Waals surface area contributed by atoms with Crippen LogP contribution >= 0.6 is 0 Å². The van der Waals surface area contributed by atoms with Crippen LogP contribution in [0.25, 0.3) is 11.8 Å². The van der Waals surface area contributed by atoms with Gasteiger partial charge in [0.25, 0.3) is 0 Å². The van der Waals surface area contributed by atoms with Gasteiger partial charge in [-0.2, -0.15) is 0 Å². The van der Waals surface area contributed by atoms with Crippen molar-refractivity contribution in [2.24, 2.45) is 0 Å². The Hall–Kier alpha value is -2.80. The fourth-order valence-corrected chi connectivity index (χ4v) is 2.73. The largest absolute Gasteiger partial charge is 0.341 e. The highest BCUT2D eigenvalue weighted by atomic mass is 15.1. The van der Waals surface area contributed by atoms with Gasteiger partial charge in [0.05, 0.1) is 0 Å². The lowest BCUT2D eigenvalue weighted by atomic mass is 10.1. The molecule has 3 aromatic rings. The summed E-state index contributed by atoms with van der Waals surface area (Å²) in [4.78, 5) is 2.35. The molecule has 1 nitrogen and oxygen atoms in total. The van der Waals surface area contributed by atoms with Crippen molar-refractivity contribution in [3.05, 3.63) is 102 Å². The summed E-state index contributed by atoms with van der Waals surface area (Å²) in [6, 6.07) is 31.6. The number of anilines is 1. The van der Waals surface area contributed by atoms with Crippen LogP contribution in [0.15, 0.2) is 91.0 Å². The first-order chi connectivity index (χ1) is 11.4. The highest BCUT2D eigenvalue weighted by Crippen LogP contribution is 2.27. The van der Waals surface area contributed by atoms with Crippen LogP contribution in [-0.2, 0) is 0 Å². The number of nitrogens with zero attached hydrogens (tertiary/aromatic N) is 1. The van der Waals surface area contributed by atoms with E-state index in [1.807, 2.05) is 6.07 Å². The highest BCUT2D eigenvalue weighted by molar-refractivity contribution is 5.90. The van der Waals surface area contributed by atoms with Crippen LogP contribution in [-0.4, -0.2) is 6.54 Å². The fourth-order valence-electron chi connectivity index (χ4n) is 2.73. The van der Waals surface area contributed by atoms with E-state index >= 15 is 0 Å². The van der Waals surface area contributed by atoms with Gasteiger partial charge in [0.15, 0.2) is 0 Å². The lowest BCUT2D eigenvalue weighted by Gasteiger charge is -2.27. The van der Waals surface area contributed by atoms with Crippen molar-refractivity contribution in [3.63, 3.8) is 0 Å². The van der Waals surface area contributed by atoms with Crippen LogP contribution in [0.3, 0.4) is 0 Å². The van der Waals surface area contributed by atoms with E-state index in [0.29, 0.717) is 0 Å². The molecule has 0 saturated carbocycles. The van der Waals surface area contributed by atoms with Crippen molar-refractivity contribution < 1.29 is 0 Å². The lowest BCUT2D eigenvalue weighted by molar-refractivity contribution is 1.03. The van der Waals surface area contributed by atoms with Crippen molar-refractivity contribution >= 4 is 17.5 Å². The lowest BCUT2D eigenvalue weighted by Crippen LogP contribution is -2.20. The molecule has 0 atom stereocenters. The number of hydrogen-bond acceptors (Lipinski definition) is 1. The van der Waals surface area contributed by atoms with Gasteiger partial charge in [-0.3, -0.25) is 0 Å². The van der Waals surface area contributed by atoms with E-state index in [2.05, 4.69) is 103 Å². The fraction of sp³-hybridized carbons (Fsp3) is 0.0909. The molecule has 0 radical (unpaired) electrons.